The summed E-state index contributed by atoms with van der Waals surface area (Å²) in [5.74, 6) is -0.499. The fourth-order valence-corrected chi connectivity index (χ4v) is 4.57. The maximum atomic E-state index is 13.3. The number of likely N-dealkylation sites (tertiary alicyclic amines) is 1. The second-order valence-corrected chi connectivity index (χ2v) is 9.17. The summed E-state index contributed by atoms with van der Waals surface area (Å²) in [6.07, 6.45) is 6.06. The highest BCUT2D eigenvalue weighted by Gasteiger charge is 2.27. The van der Waals surface area contributed by atoms with Gasteiger partial charge in [0.2, 0.25) is 0 Å². The van der Waals surface area contributed by atoms with Gasteiger partial charge in [0.1, 0.15) is 5.82 Å². The molecule has 1 aliphatic heterocycles. The SMILES string of the molecule is CC.N#Cc1ccccc1.O=C(Nc1ccc(F)c(Cl)c1)N(CCN1CCC(O)C1)C1CCCCC1. The van der Waals surface area contributed by atoms with E-state index in [0.717, 1.165) is 45.2 Å². The van der Waals surface area contributed by atoms with E-state index in [-0.39, 0.29) is 23.2 Å². The normalized spacial score (nSPS) is 17.6. The first-order valence-corrected chi connectivity index (χ1v) is 13.2. The van der Waals surface area contributed by atoms with Gasteiger partial charge in [-0.1, -0.05) is 62.9 Å². The molecule has 2 aromatic rings. The average Bonchev–Trinajstić information content (AvgIpc) is 3.34. The van der Waals surface area contributed by atoms with Crippen LogP contribution in [0.5, 0.6) is 0 Å². The van der Waals surface area contributed by atoms with E-state index in [2.05, 4.69) is 10.2 Å². The number of nitrogens with one attached hydrogen (secondary N) is 1. The zero-order chi connectivity index (χ0) is 26.3. The summed E-state index contributed by atoms with van der Waals surface area (Å²) >= 11 is 5.82. The number of benzene rings is 2. The zero-order valence-corrected chi connectivity index (χ0v) is 22.1. The molecule has 8 heteroatoms. The Morgan fingerprint density at radius 1 is 1.17 bits per heavy atom. The Balaban J connectivity index is 0.000000384. The Kier molecular flexibility index (Phi) is 13.3. The van der Waals surface area contributed by atoms with Crippen LogP contribution in [-0.2, 0) is 0 Å². The average molecular weight is 517 g/mol. The number of carbonyl (C=O) groups is 1. The lowest BCUT2D eigenvalue weighted by Gasteiger charge is -2.35. The van der Waals surface area contributed by atoms with Crippen molar-refractivity contribution in [2.45, 2.75) is 64.5 Å². The molecule has 0 bridgehead atoms. The van der Waals surface area contributed by atoms with E-state index in [1.54, 1.807) is 12.1 Å². The van der Waals surface area contributed by atoms with Crippen molar-refractivity contribution in [2.75, 3.05) is 31.5 Å². The van der Waals surface area contributed by atoms with Crippen molar-refractivity contribution in [3.05, 3.63) is 64.9 Å². The van der Waals surface area contributed by atoms with Crippen molar-refractivity contribution in [1.29, 1.82) is 5.26 Å². The van der Waals surface area contributed by atoms with Gasteiger partial charge >= 0.3 is 6.03 Å². The predicted octanol–water partition coefficient (Wildman–Crippen LogP) is 6.30. The third kappa shape index (κ3) is 9.77. The first-order valence-electron chi connectivity index (χ1n) is 12.8. The van der Waals surface area contributed by atoms with Crippen LogP contribution >= 0.6 is 11.6 Å². The molecule has 1 saturated carbocycles. The lowest BCUT2D eigenvalue weighted by Crippen LogP contribution is -2.47. The highest BCUT2D eigenvalue weighted by atomic mass is 35.5. The fraction of sp³-hybridized carbons (Fsp3) is 0.500. The minimum atomic E-state index is -0.499. The van der Waals surface area contributed by atoms with Gasteiger partial charge in [-0.3, -0.25) is 4.90 Å². The summed E-state index contributed by atoms with van der Waals surface area (Å²) in [5, 5.41) is 20.8. The topological polar surface area (TPSA) is 79.6 Å². The Morgan fingerprint density at radius 3 is 2.42 bits per heavy atom. The smallest absolute Gasteiger partial charge is 0.322 e. The van der Waals surface area contributed by atoms with Crippen LogP contribution in [0.3, 0.4) is 0 Å². The Bertz CT molecular complexity index is 964. The molecule has 1 atom stereocenters. The zero-order valence-electron chi connectivity index (χ0n) is 21.3. The van der Waals surface area contributed by atoms with Gasteiger partial charge in [-0.25, -0.2) is 9.18 Å². The van der Waals surface area contributed by atoms with Crippen LogP contribution in [0.4, 0.5) is 14.9 Å². The summed E-state index contributed by atoms with van der Waals surface area (Å²) in [6, 6.07) is 15.4. The molecule has 1 aliphatic carbocycles. The van der Waals surface area contributed by atoms with E-state index < -0.39 is 5.82 Å². The lowest BCUT2D eigenvalue weighted by atomic mass is 9.94. The van der Waals surface area contributed by atoms with Crippen molar-refractivity contribution in [3.63, 3.8) is 0 Å². The van der Waals surface area contributed by atoms with E-state index in [0.29, 0.717) is 24.3 Å². The third-order valence-electron chi connectivity index (χ3n) is 6.25. The Hall–Kier alpha value is -2.66. The number of nitriles is 1. The van der Waals surface area contributed by atoms with E-state index in [9.17, 15) is 14.3 Å². The molecule has 196 valence electrons. The lowest BCUT2D eigenvalue weighted by molar-refractivity contribution is 0.146. The number of halogens is 2. The molecule has 2 aliphatic rings. The van der Waals surface area contributed by atoms with Gasteiger partial charge in [0.15, 0.2) is 0 Å². The van der Waals surface area contributed by atoms with E-state index in [1.807, 2.05) is 43.0 Å². The number of anilines is 1. The van der Waals surface area contributed by atoms with Gasteiger partial charge in [0.05, 0.1) is 22.8 Å². The quantitative estimate of drug-likeness (QED) is 0.489. The molecule has 1 heterocycles. The molecule has 2 fully saturated rings. The Labute approximate surface area is 219 Å². The van der Waals surface area contributed by atoms with Gasteiger partial charge in [0.25, 0.3) is 0 Å². The molecular weight excluding hydrogens is 479 g/mol. The monoisotopic (exact) mass is 516 g/mol. The highest BCUT2D eigenvalue weighted by molar-refractivity contribution is 6.31. The molecule has 0 aromatic heterocycles. The molecule has 1 unspecified atom stereocenters. The molecule has 0 spiro atoms. The fourth-order valence-electron chi connectivity index (χ4n) is 4.39. The largest absolute Gasteiger partial charge is 0.392 e. The molecular formula is C28H38ClFN4O2. The van der Waals surface area contributed by atoms with Crippen molar-refractivity contribution >= 4 is 23.3 Å². The second-order valence-electron chi connectivity index (χ2n) is 8.77. The highest BCUT2D eigenvalue weighted by Crippen LogP contribution is 2.25. The first kappa shape index (κ1) is 29.6. The number of urea groups is 1. The van der Waals surface area contributed by atoms with Gasteiger partial charge in [-0.15, -0.1) is 0 Å². The Morgan fingerprint density at radius 2 is 1.86 bits per heavy atom. The first-order chi connectivity index (χ1) is 17.5. The van der Waals surface area contributed by atoms with E-state index in [4.69, 9.17) is 16.9 Å². The van der Waals surface area contributed by atoms with Gasteiger partial charge in [-0.2, -0.15) is 5.26 Å². The van der Waals surface area contributed by atoms with Crippen LogP contribution in [0.25, 0.3) is 0 Å². The van der Waals surface area contributed by atoms with Crippen molar-refractivity contribution in [1.82, 2.24) is 9.80 Å². The minimum absolute atomic E-state index is 0.00179. The number of rotatable bonds is 5. The van der Waals surface area contributed by atoms with Crippen LogP contribution in [0, 0.1) is 17.1 Å². The van der Waals surface area contributed by atoms with Crippen LogP contribution in [0.15, 0.2) is 48.5 Å². The predicted molar refractivity (Wildman–Crippen MR) is 144 cm³/mol. The molecule has 0 radical (unpaired) electrons. The van der Waals surface area contributed by atoms with E-state index >= 15 is 0 Å². The number of nitrogens with zero attached hydrogens (tertiary/aromatic N) is 3. The molecule has 6 nitrogen and oxygen atoms in total. The third-order valence-corrected chi connectivity index (χ3v) is 6.54. The maximum Gasteiger partial charge on any atom is 0.322 e. The molecule has 1 saturated heterocycles. The van der Waals surface area contributed by atoms with Crippen LogP contribution < -0.4 is 5.32 Å². The molecule has 2 N–H and O–H groups in total. The molecule has 2 amide bonds. The summed E-state index contributed by atoms with van der Waals surface area (Å²) < 4.78 is 13.3. The van der Waals surface area contributed by atoms with Crippen LogP contribution in [0.1, 0.15) is 57.9 Å². The van der Waals surface area contributed by atoms with Crippen molar-refractivity contribution in [3.8, 4) is 6.07 Å². The molecule has 2 aromatic carbocycles. The molecule has 36 heavy (non-hydrogen) atoms. The van der Waals surface area contributed by atoms with Gasteiger partial charge < -0.3 is 15.3 Å². The summed E-state index contributed by atoms with van der Waals surface area (Å²) in [6.45, 7) is 6.92. The summed E-state index contributed by atoms with van der Waals surface area (Å²) in [4.78, 5) is 17.0. The maximum absolute atomic E-state index is 13.3. The molecule has 4 rings (SSSR count). The minimum Gasteiger partial charge on any atom is -0.392 e. The number of hydrogen-bond acceptors (Lipinski definition) is 4. The number of β-amino-alcohol motifs (C(OH)–C–C–N with tert-alkyl or cyclic N) is 1. The van der Waals surface area contributed by atoms with Crippen LogP contribution in [-0.4, -0.2) is 59.3 Å². The van der Waals surface area contributed by atoms with Crippen molar-refractivity contribution in [2.24, 2.45) is 0 Å². The van der Waals surface area contributed by atoms with Gasteiger partial charge in [0, 0.05) is 37.9 Å². The standard InChI is InChI=1S/C19H27ClFN3O2.C7H5N.C2H6/c20-17-12-14(6-7-18(17)21)22-19(26)24(15-4-2-1-3-5-15)11-10-23-9-8-16(25)13-23;8-6-7-4-2-1-3-5-7;1-2/h6-7,12,15-16,25H,1-5,8-11,13H2,(H,22,26);1-5H;1-2H3. The number of carbonyl (C=O) groups excluding carboxylic acids is 1. The van der Waals surface area contributed by atoms with Crippen molar-refractivity contribution < 1.29 is 14.3 Å². The summed E-state index contributed by atoms with van der Waals surface area (Å²) in [5.41, 5.74) is 1.21. The van der Waals surface area contributed by atoms with Crippen LogP contribution in [0.2, 0.25) is 5.02 Å². The van der Waals surface area contributed by atoms with Gasteiger partial charge in [-0.05, 0) is 49.6 Å². The summed E-state index contributed by atoms with van der Waals surface area (Å²) in [7, 11) is 0. The second kappa shape index (κ2) is 16.2. The van der Waals surface area contributed by atoms with E-state index in [1.165, 1.54) is 24.6 Å². The number of amides is 2. The number of hydrogen-bond donors (Lipinski definition) is 2. The number of aliphatic hydroxyl groups is 1. The number of aliphatic hydroxyl groups excluding tert-OH is 1.